The molecule has 2 amide bonds. The van der Waals surface area contributed by atoms with E-state index in [1.807, 2.05) is 35.9 Å². The minimum Gasteiger partial charge on any atom is -0.380 e. The molecule has 7 nitrogen and oxygen atoms in total. The lowest BCUT2D eigenvalue weighted by molar-refractivity contribution is 0.0722. The van der Waals surface area contributed by atoms with Crippen molar-refractivity contribution in [1.82, 2.24) is 24.9 Å². The van der Waals surface area contributed by atoms with E-state index in [2.05, 4.69) is 15.3 Å². The van der Waals surface area contributed by atoms with E-state index in [1.54, 1.807) is 0 Å². The van der Waals surface area contributed by atoms with Crippen molar-refractivity contribution in [3.05, 3.63) is 18.0 Å². The first-order valence-corrected chi connectivity index (χ1v) is 8.40. The zero-order chi connectivity index (χ0) is 16.2. The Hall–Kier alpha value is -1.60. The van der Waals surface area contributed by atoms with Crippen LogP contribution in [0.3, 0.4) is 0 Å². The number of hydrogen-bond acceptors (Lipinski definition) is 4. The molecular weight excluding hydrogens is 294 g/mol. The van der Waals surface area contributed by atoms with E-state index in [9.17, 15) is 4.79 Å². The summed E-state index contributed by atoms with van der Waals surface area (Å²) in [4.78, 5) is 16.4. The second kappa shape index (κ2) is 7.31. The zero-order valence-electron chi connectivity index (χ0n) is 14.1. The summed E-state index contributed by atoms with van der Waals surface area (Å²) < 4.78 is 7.82. The minimum absolute atomic E-state index is 0.0421. The van der Waals surface area contributed by atoms with Crippen LogP contribution >= 0.6 is 0 Å². The van der Waals surface area contributed by atoms with Gasteiger partial charge in [0, 0.05) is 37.8 Å². The summed E-state index contributed by atoms with van der Waals surface area (Å²) in [6.07, 6.45) is 4.02. The Kier molecular flexibility index (Phi) is 5.17. The molecule has 1 aliphatic heterocycles. The Morgan fingerprint density at radius 3 is 3.00 bits per heavy atom. The topological polar surface area (TPSA) is 62.6 Å². The number of carbonyl (C=O) groups excluding carboxylic acids is 1. The molecule has 0 spiro atoms. The second-order valence-electron chi connectivity index (χ2n) is 6.85. The normalized spacial score (nSPS) is 21.2. The molecule has 1 N–H and O–H groups in total. The quantitative estimate of drug-likeness (QED) is 0.786. The Bertz CT molecular complexity index is 526. The minimum atomic E-state index is 0.0421. The summed E-state index contributed by atoms with van der Waals surface area (Å²) in [6, 6.07) is 2.41. The van der Waals surface area contributed by atoms with E-state index < -0.39 is 0 Å². The predicted molar refractivity (Wildman–Crippen MR) is 87.1 cm³/mol. The number of fused-ring (bicyclic) bond motifs is 1. The van der Waals surface area contributed by atoms with Crippen molar-refractivity contribution in [3.8, 4) is 0 Å². The van der Waals surface area contributed by atoms with Crippen LogP contribution in [0.4, 0.5) is 4.79 Å². The highest BCUT2D eigenvalue weighted by Gasteiger charge is 2.29. The maximum absolute atomic E-state index is 12.4. The molecule has 23 heavy (non-hydrogen) atoms. The summed E-state index contributed by atoms with van der Waals surface area (Å²) in [5.41, 5.74) is 1.09. The zero-order valence-corrected chi connectivity index (χ0v) is 14.1. The van der Waals surface area contributed by atoms with E-state index >= 15 is 0 Å². The maximum atomic E-state index is 12.4. The predicted octanol–water partition coefficient (Wildman–Crippen LogP) is 0.765. The van der Waals surface area contributed by atoms with Crippen LogP contribution in [0.5, 0.6) is 0 Å². The van der Waals surface area contributed by atoms with E-state index in [-0.39, 0.29) is 11.9 Å². The molecule has 2 heterocycles. The third-order valence-corrected chi connectivity index (χ3v) is 4.30. The number of nitrogens with one attached hydrogen (secondary N) is 1. The highest BCUT2D eigenvalue weighted by atomic mass is 16.5. The Morgan fingerprint density at radius 1 is 1.43 bits per heavy atom. The van der Waals surface area contributed by atoms with Gasteiger partial charge in [-0.05, 0) is 33.0 Å². The maximum Gasteiger partial charge on any atom is 0.317 e. The molecule has 0 aromatic carbocycles. The molecule has 1 aromatic heterocycles. The van der Waals surface area contributed by atoms with Gasteiger partial charge in [0.25, 0.3) is 0 Å². The van der Waals surface area contributed by atoms with Crippen molar-refractivity contribution < 1.29 is 9.53 Å². The van der Waals surface area contributed by atoms with Crippen molar-refractivity contribution in [2.24, 2.45) is 5.92 Å². The molecule has 2 aliphatic rings. The van der Waals surface area contributed by atoms with Crippen LogP contribution in [0, 0.1) is 5.92 Å². The molecule has 0 bridgehead atoms. The van der Waals surface area contributed by atoms with Gasteiger partial charge in [0.1, 0.15) is 0 Å². The number of likely N-dealkylation sites (N-methyl/N-ethyl adjacent to an activating group) is 1. The molecule has 1 fully saturated rings. The van der Waals surface area contributed by atoms with Gasteiger partial charge in [-0.25, -0.2) is 4.79 Å². The number of amides is 2. The molecule has 3 rings (SSSR count). The van der Waals surface area contributed by atoms with Gasteiger partial charge in [-0.3, -0.25) is 4.68 Å². The van der Waals surface area contributed by atoms with Crippen molar-refractivity contribution >= 4 is 6.03 Å². The van der Waals surface area contributed by atoms with Gasteiger partial charge in [0.2, 0.25) is 0 Å². The first kappa shape index (κ1) is 16.3. The summed E-state index contributed by atoms with van der Waals surface area (Å²) in [5, 5.41) is 7.47. The molecule has 7 heteroatoms. The number of rotatable bonds is 6. The lowest BCUT2D eigenvalue weighted by atomic mass is 10.1. The van der Waals surface area contributed by atoms with Gasteiger partial charge < -0.3 is 19.9 Å². The van der Waals surface area contributed by atoms with Crippen LogP contribution in [0.25, 0.3) is 0 Å². The van der Waals surface area contributed by atoms with Gasteiger partial charge in [0.15, 0.2) is 0 Å². The monoisotopic (exact) mass is 321 g/mol. The van der Waals surface area contributed by atoms with E-state index in [0.29, 0.717) is 32.3 Å². The fraction of sp³-hybridized carbons (Fsp3) is 0.750. The summed E-state index contributed by atoms with van der Waals surface area (Å²) in [7, 11) is 4.07. The van der Waals surface area contributed by atoms with Gasteiger partial charge in [0.05, 0.1) is 25.5 Å². The molecule has 1 aliphatic carbocycles. The van der Waals surface area contributed by atoms with Crippen molar-refractivity contribution in [3.63, 3.8) is 0 Å². The molecule has 0 radical (unpaired) electrons. The summed E-state index contributed by atoms with van der Waals surface area (Å²) >= 11 is 0. The highest BCUT2D eigenvalue weighted by Crippen LogP contribution is 2.21. The summed E-state index contributed by atoms with van der Waals surface area (Å²) in [5.74, 6) is 0.267. The Morgan fingerprint density at radius 2 is 2.26 bits per heavy atom. The number of aromatic nitrogens is 2. The van der Waals surface area contributed by atoms with E-state index in [0.717, 1.165) is 31.6 Å². The number of urea groups is 1. The fourth-order valence-electron chi connectivity index (χ4n) is 2.78. The van der Waals surface area contributed by atoms with Crippen LogP contribution in [-0.2, 0) is 17.8 Å². The molecule has 1 unspecified atom stereocenters. The first-order valence-electron chi connectivity index (χ1n) is 8.40. The largest absolute Gasteiger partial charge is 0.380 e. The van der Waals surface area contributed by atoms with Crippen LogP contribution in [-0.4, -0.2) is 72.1 Å². The molecule has 1 atom stereocenters. The SMILES string of the molecule is CN(C)CCOCC1CN(C(=O)NC2CC2)Cc2ccnn2C1. The van der Waals surface area contributed by atoms with Crippen LogP contribution in [0.15, 0.2) is 12.3 Å². The number of nitrogens with zero attached hydrogens (tertiary/aromatic N) is 4. The standard InChI is InChI=1S/C16H27N5O2/c1-19(2)7-8-23-12-13-9-20(16(22)18-14-3-4-14)11-15-5-6-17-21(15)10-13/h5-6,13-14H,3-4,7-12H2,1-2H3,(H,18,22). The van der Waals surface area contributed by atoms with Crippen LogP contribution in [0.2, 0.25) is 0 Å². The fourth-order valence-corrected chi connectivity index (χ4v) is 2.78. The van der Waals surface area contributed by atoms with E-state index in [4.69, 9.17) is 4.74 Å². The third kappa shape index (κ3) is 4.68. The van der Waals surface area contributed by atoms with Crippen molar-refractivity contribution in [2.75, 3.05) is 40.4 Å². The Labute approximate surface area is 137 Å². The van der Waals surface area contributed by atoms with E-state index in [1.165, 1.54) is 0 Å². The van der Waals surface area contributed by atoms with Crippen LogP contribution in [0.1, 0.15) is 18.5 Å². The number of hydrogen-bond donors (Lipinski definition) is 1. The average molecular weight is 321 g/mol. The summed E-state index contributed by atoms with van der Waals surface area (Å²) in [6.45, 7) is 4.41. The lowest BCUT2D eigenvalue weighted by Gasteiger charge is -2.24. The number of ether oxygens (including phenoxy) is 1. The highest BCUT2D eigenvalue weighted by molar-refractivity contribution is 5.74. The molecule has 0 saturated heterocycles. The third-order valence-electron chi connectivity index (χ3n) is 4.30. The molecular formula is C16H27N5O2. The lowest BCUT2D eigenvalue weighted by Crippen LogP contribution is -2.43. The van der Waals surface area contributed by atoms with Crippen molar-refractivity contribution in [2.45, 2.75) is 32.0 Å². The first-order chi connectivity index (χ1) is 11.1. The van der Waals surface area contributed by atoms with Crippen LogP contribution < -0.4 is 5.32 Å². The molecule has 128 valence electrons. The average Bonchev–Trinajstić information content (AvgIpc) is 3.25. The van der Waals surface area contributed by atoms with Gasteiger partial charge in [-0.2, -0.15) is 5.10 Å². The van der Waals surface area contributed by atoms with Gasteiger partial charge in [-0.15, -0.1) is 0 Å². The molecule has 1 aromatic rings. The second-order valence-corrected chi connectivity index (χ2v) is 6.85. The van der Waals surface area contributed by atoms with Gasteiger partial charge in [-0.1, -0.05) is 0 Å². The smallest absolute Gasteiger partial charge is 0.317 e. The van der Waals surface area contributed by atoms with Gasteiger partial charge >= 0.3 is 6.03 Å². The Balaban J connectivity index is 1.58. The number of carbonyl (C=O) groups is 1. The molecule has 1 saturated carbocycles. The van der Waals surface area contributed by atoms with Crippen molar-refractivity contribution in [1.29, 1.82) is 0 Å².